The molecule has 1 N–H and O–H groups in total. The Morgan fingerprint density at radius 3 is 2.61 bits per heavy atom. The van der Waals surface area contributed by atoms with Crippen molar-refractivity contribution in [2.24, 2.45) is 7.05 Å². The van der Waals surface area contributed by atoms with Crippen LogP contribution < -0.4 is 4.72 Å². The number of amides is 1. The lowest BCUT2D eigenvalue weighted by Crippen LogP contribution is -2.36. The lowest BCUT2D eigenvalue weighted by Gasteiger charge is -2.13. The van der Waals surface area contributed by atoms with Crippen LogP contribution in [0.4, 0.5) is 0 Å². The Hall–Kier alpha value is -1.87. The summed E-state index contributed by atoms with van der Waals surface area (Å²) in [4.78, 5) is 12.3. The molecule has 1 heterocycles. The molecular weight excluding hydrogens is 336 g/mol. The average Bonchev–Trinajstić information content (AvgIpc) is 2.83. The van der Waals surface area contributed by atoms with Crippen molar-refractivity contribution in [1.82, 2.24) is 19.5 Å². The van der Waals surface area contributed by atoms with Gasteiger partial charge in [-0.05, 0) is 32.4 Å². The number of hydrogen-bond donors (Lipinski definition) is 1. The van der Waals surface area contributed by atoms with Crippen LogP contribution >= 0.6 is 11.8 Å². The number of aromatic nitrogens is 3. The topological polar surface area (TPSA) is 93.9 Å². The molecule has 0 aliphatic heterocycles. The summed E-state index contributed by atoms with van der Waals surface area (Å²) in [7, 11) is -2.15. The molecule has 0 saturated carbocycles. The first-order valence-electron chi connectivity index (χ1n) is 6.85. The maximum atomic E-state index is 12.4. The lowest BCUT2D eigenvalue weighted by atomic mass is 10.2. The molecule has 1 amide bonds. The standard InChI is InChI=1S/C14H18N4O3S2/c1-9-5-6-12(10(2)7-9)23(20,21)17-13(19)11(3)22-14-16-15-8-18(14)4/h5-8,11H,1-4H3,(H,17,19). The number of thioether (sulfide) groups is 1. The van der Waals surface area contributed by atoms with Gasteiger partial charge < -0.3 is 4.57 Å². The minimum Gasteiger partial charge on any atom is -0.312 e. The number of nitrogens with one attached hydrogen (secondary N) is 1. The van der Waals surface area contributed by atoms with Crippen LogP contribution in [0.25, 0.3) is 0 Å². The van der Waals surface area contributed by atoms with Crippen LogP contribution in [0.3, 0.4) is 0 Å². The van der Waals surface area contributed by atoms with Crippen molar-refractivity contribution in [2.45, 2.75) is 36.1 Å². The Bertz CT molecular complexity index is 830. The van der Waals surface area contributed by atoms with Crippen molar-refractivity contribution in [3.8, 4) is 0 Å². The predicted molar refractivity (Wildman–Crippen MR) is 87.6 cm³/mol. The molecule has 1 aromatic carbocycles. The van der Waals surface area contributed by atoms with Crippen molar-refractivity contribution >= 4 is 27.7 Å². The van der Waals surface area contributed by atoms with E-state index in [1.165, 1.54) is 12.4 Å². The molecule has 23 heavy (non-hydrogen) atoms. The average molecular weight is 354 g/mol. The molecule has 0 radical (unpaired) electrons. The van der Waals surface area contributed by atoms with Gasteiger partial charge in [-0.1, -0.05) is 29.5 Å². The van der Waals surface area contributed by atoms with E-state index in [2.05, 4.69) is 14.9 Å². The van der Waals surface area contributed by atoms with Crippen LogP contribution in [-0.2, 0) is 21.9 Å². The maximum absolute atomic E-state index is 12.4. The van der Waals surface area contributed by atoms with E-state index >= 15 is 0 Å². The highest BCUT2D eigenvalue weighted by Crippen LogP contribution is 2.21. The summed E-state index contributed by atoms with van der Waals surface area (Å²) in [6.07, 6.45) is 1.51. The number of aryl methyl sites for hydroxylation is 3. The summed E-state index contributed by atoms with van der Waals surface area (Å²) < 4.78 is 28.5. The van der Waals surface area contributed by atoms with Crippen LogP contribution in [-0.4, -0.2) is 34.3 Å². The number of sulfonamides is 1. The molecule has 2 rings (SSSR count). The van der Waals surface area contributed by atoms with Gasteiger partial charge in [0.25, 0.3) is 10.0 Å². The minimum atomic E-state index is -3.90. The van der Waals surface area contributed by atoms with Crippen molar-refractivity contribution in [1.29, 1.82) is 0 Å². The molecular formula is C14H18N4O3S2. The summed E-state index contributed by atoms with van der Waals surface area (Å²) in [5.41, 5.74) is 1.55. The first-order chi connectivity index (χ1) is 10.7. The fourth-order valence-corrected chi connectivity index (χ4v) is 4.11. The SMILES string of the molecule is Cc1ccc(S(=O)(=O)NC(=O)C(C)Sc2nncn2C)c(C)c1. The summed E-state index contributed by atoms with van der Waals surface area (Å²) in [5.74, 6) is -0.599. The van der Waals surface area contributed by atoms with E-state index in [1.54, 1.807) is 37.6 Å². The molecule has 1 aromatic heterocycles. The molecule has 0 spiro atoms. The Morgan fingerprint density at radius 2 is 2.04 bits per heavy atom. The number of benzene rings is 1. The zero-order valence-corrected chi connectivity index (χ0v) is 14.9. The first-order valence-corrected chi connectivity index (χ1v) is 9.21. The Kier molecular flexibility index (Phi) is 5.10. The molecule has 124 valence electrons. The fourth-order valence-electron chi connectivity index (χ4n) is 1.96. The van der Waals surface area contributed by atoms with Gasteiger partial charge in [0.2, 0.25) is 5.91 Å². The summed E-state index contributed by atoms with van der Waals surface area (Å²) in [5, 5.41) is 7.49. The van der Waals surface area contributed by atoms with Gasteiger partial charge in [0.1, 0.15) is 6.33 Å². The Labute approximate surface area is 139 Å². The normalized spacial score (nSPS) is 12.9. The summed E-state index contributed by atoms with van der Waals surface area (Å²) >= 11 is 1.14. The number of carbonyl (C=O) groups is 1. The van der Waals surface area contributed by atoms with Gasteiger partial charge in [-0.2, -0.15) is 0 Å². The molecule has 0 aliphatic rings. The van der Waals surface area contributed by atoms with Crippen LogP contribution in [0.15, 0.2) is 34.6 Å². The third-order valence-electron chi connectivity index (χ3n) is 3.18. The van der Waals surface area contributed by atoms with E-state index in [0.717, 1.165) is 17.3 Å². The number of nitrogens with zero attached hydrogens (tertiary/aromatic N) is 3. The summed E-state index contributed by atoms with van der Waals surface area (Å²) in [6.45, 7) is 5.19. The number of rotatable bonds is 5. The lowest BCUT2D eigenvalue weighted by molar-refractivity contribution is -0.118. The molecule has 0 fully saturated rings. The van der Waals surface area contributed by atoms with E-state index in [4.69, 9.17) is 0 Å². The molecule has 2 aromatic rings. The van der Waals surface area contributed by atoms with Gasteiger partial charge in [0, 0.05) is 7.05 Å². The van der Waals surface area contributed by atoms with Gasteiger partial charge >= 0.3 is 0 Å². The van der Waals surface area contributed by atoms with Crippen LogP contribution in [0.1, 0.15) is 18.1 Å². The summed E-state index contributed by atoms with van der Waals surface area (Å²) in [6, 6.07) is 4.96. The minimum absolute atomic E-state index is 0.104. The molecule has 1 unspecified atom stereocenters. The number of carbonyl (C=O) groups excluding carboxylic acids is 1. The largest absolute Gasteiger partial charge is 0.312 e. The monoisotopic (exact) mass is 354 g/mol. The van der Waals surface area contributed by atoms with Gasteiger partial charge in [0.05, 0.1) is 10.1 Å². The van der Waals surface area contributed by atoms with Gasteiger partial charge in [-0.3, -0.25) is 4.79 Å². The first kappa shape index (κ1) is 17.5. The quantitative estimate of drug-likeness (QED) is 0.816. The van der Waals surface area contributed by atoms with E-state index in [-0.39, 0.29) is 4.90 Å². The molecule has 0 aliphatic carbocycles. The van der Waals surface area contributed by atoms with E-state index in [9.17, 15) is 13.2 Å². The van der Waals surface area contributed by atoms with E-state index < -0.39 is 21.2 Å². The number of hydrogen-bond acceptors (Lipinski definition) is 6. The maximum Gasteiger partial charge on any atom is 0.264 e. The Balaban J connectivity index is 2.13. The van der Waals surface area contributed by atoms with E-state index in [1.807, 2.05) is 6.92 Å². The second kappa shape index (κ2) is 6.71. The molecule has 0 bridgehead atoms. The third-order valence-corrected chi connectivity index (χ3v) is 5.83. The van der Waals surface area contributed by atoms with Crippen molar-refractivity contribution in [3.05, 3.63) is 35.7 Å². The van der Waals surface area contributed by atoms with Crippen molar-refractivity contribution in [3.63, 3.8) is 0 Å². The highest BCUT2D eigenvalue weighted by atomic mass is 32.2. The highest BCUT2D eigenvalue weighted by Gasteiger charge is 2.24. The molecule has 7 nitrogen and oxygen atoms in total. The van der Waals surface area contributed by atoms with Crippen molar-refractivity contribution < 1.29 is 13.2 Å². The molecule has 9 heteroatoms. The predicted octanol–water partition coefficient (Wildman–Crippen LogP) is 1.42. The zero-order valence-electron chi connectivity index (χ0n) is 13.3. The van der Waals surface area contributed by atoms with Gasteiger partial charge in [-0.15, -0.1) is 10.2 Å². The fraction of sp³-hybridized carbons (Fsp3) is 0.357. The highest BCUT2D eigenvalue weighted by molar-refractivity contribution is 8.00. The van der Waals surface area contributed by atoms with Crippen LogP contribution in [0.5, 0.6) is 0 Å². The second-order valence-electron chi connectivity index (χ2n) is 5.22. The molecule has 0 saturated heterocycles. The van der Waals surface area contributed by atoms with Crippen molar-refractivity contribution in [2.75, 3.05) is 0 Å². The second-order valence-corrected chi connectivity index (χ2v) is 8.18. The van der Waals surface area contributed by atoms with E-state index in [0.29, 0.717) is 10.7 Å². The third kappa shape index (κ3) is 4.11. The van der Waals surface area contributed by atoms with Crippen LogP contribution in [0, 0.1) is 13.8 Å². The molecule has 1 atom stereocenters. The van der Waals surface area contributed by atoms with Crippen LogP contribution in [0.2, 0.25) is 0 Å². The smallest absolute Gasteiger partial charge is 0.264 e. The van der Waals surface area contributed by atoms with Gasteiger partial charge in [0.15, 0.2) is 5.16 Å². The zero-order chi connectivity index (χ0) is 17.2. The van der Waals surface area contributed by atoms with Gasteiger partial charge in [-0.25, -0.2) is 13.1 Å². The Morgan fingerprint density at radius 1 is 1.35 bits per heavy atom.